The van der Waals surface area contributed by atoms with Gasteiger partial charge in [-0.25, -0.2) is 4.40 Å². The van der Waals surface area contributed by atoms with Crippen molar-refractivity contribution in [3.63, 3.8) is 0 Å². The standard InChI is InChI=1S/C9H11N3O2S.ClH/c10-7(9(13)14)4-6-2-1-3-12-8(6)5-11-15-12;/h1-2,5,7H,3-4,10H2,(H,13,14);1H. The van der Waals surface area contributed by atoms with Gasteiger partial charge in [-0.1, -0.05) is 12.2 Å². The zero-order valence-corrected chi connectivity index (χ0v) is 10.0. The molecule has 7 heteroatoms. The number of hydrogen-bond acceptors (Lipinski definition) is 5. The zero-order valence-electron chi connectivity index (χ0n) is 8.37. The molecule has 1 atom stereocenters. The predicted octanol–water partition coefficient (Wildman–Crippen LogP) is 0.984. The van der Waals surface area contributed by atoms with Gasteiger partial charge in [0.1, 0.15) is 6.04 Å². The minimum Gasteiger partial charge on any atom is -0.480 e. The average Bonchev–Trinajstić information content (AvgIpc) is 2.66. The lowest BCUT2D eigenvalue weighted by Gasteiger charge is -2.21. The second-order valence-corrected chi connectivity index (χ2v) is 4.15. The van der Waals surface area contributed by atoms with Crippen LogP contribution >= 0.6 is 24.5 Å². The van der Waals surface area contributed by atoms with Crippen molar-refractivity contribution >= 4 is 36.7 Å². The van der Waals surface area contributed by atoms with Crippen molar-refractivity contribution in [1.82, 2.24) is 4.31 Å². The molecule has 0 aliphatic carbocycles. The molecule has 88 valence electrons. The van der Waals surface area contributed by atoms with Crippen LogP contribution in [0.25, 0.3) is 0 Å². The molecule has 0 spiro atoms. The second kappa shape index (κ2) is 5.38. The minimum absolute atomic E-state index is 0. The Labute approximate surface area is 104 Å². The first-order chi connectivity index (χ1) is 7.18. The smallest absolute Gasteiger partial charge is 0.320 e. The van der Waals surface area contributed by atoms with E-state index in [-0.39, 0.29) is 12.4 Å². The molecular weight excluding hydrogens is 250 g/mol. The molecule has 0 radical (unpaired) electrons. The van der Waals surface area contributed by atoms with E-state index in [1.54, 1.807) is 6.21 Å². The van der Waals surface area contributed by atoms with Gasteiger partial charge in [-0.2, -0.15) is 0 Å². The van der Waals surface area contributed by atoms with Crippen LogP contribution in [0.2, 0.25) is 0 Å². The topological polar surface area (TPSA) is 78.9 Å². The number of allylic oxidation sites excluding steroid dienone is 2. The Morgan fingerprint density at radius 2 is 2.50 bits per heavy atom. The van der Waals surface area contributed by atoms with Gasteiger partial charge in [0.2, 0.25) is 0 Å². The Hall–Kier alpha value is -0.980. The number of aliphatic carboxylic acids is 1. The van der Waals surface area contributed by atoms with Gasteiger partial charge >= 0.3 is 5.97 Å². The summed E-state index contributed by atoms with van der Waals surface area (Å²) in [6.45, 7) is 0.797. The maximum absolute atomic E-state index is 10.6. The Bertz CT molecular complexity index is 381. The van der Waals surface area contributed by atoms with E-state index in [0.717, 1.165) is 17.8 Å². The van der Waals surface area contributed by atoms with Gasteiger partial charge in [-0.3, -0.25) is 9.10 Å². The number of carboxylic acid groups (broad SMARTS) is 1. The fraction of sp³-hybridized carbons (Fsp3) is 0.333. The highest BCUT2D eigenvalue weighted by Crippen LogP contribution is 2.30. The largest absolute Gasteiger partial charge is 0.480 e. The Morgan fingerprint density at radius 3 is 3.19 bits per heavy atom. The van der Waals surface area contributed by atoms with Crippen LogP contribution in [0.5, 0.6) is 0 Å². The van der Waals surface area contributed by atoms with Crippen molar-refractivity contribution in [2.24, 2.45) is 10.1 Å². The van der Waals surface area contributed by atoms with Crippen LogP contribution in [-0.4, -0.2) is 34.2 Å². The SMILES string of the molecule is Cl.NC(CC1=C2C=NSN2CC=C1)C(=O)O. The highest BCUT2D eigenvalue weighted by Gasteiger charge is 2.22. The third-order valence-corrected chi connectivity index (χ3v) is 3.01. The van der Waals surface area contributed by atoms with E-state index < -0.39 is 12.0 Å². The van der Waals surface area contributed by atoms with Crippen molar-refractivity contribution < 1.29 is 9.90 Å². The number of nitrogens with two attached hydrogens (primary N) is 1. The molecule has 1 unspecified atom stereocenters. The predicted molar refractivity (Wildman–Crippen MR) is 66.4 cm³/mol. The van der Waals surface area contributed by atoms with Gasteiger partial charge in [0.05, 0.1) is 24.0 Å². The van der Waals surface area contributed by atoms with Crippen LogP contribution in [0, 0.1) is 0 Å². The van der Waals surface area contributed by atoms with Crippen LogP contribution in [0.4, 0.5) is 0 Å². The van der Waals surface area contributed by atoms with E-state index in [9.17, 15) is 4.79 Å². The number of hydrogen-bond donors (Lipinski definition) is 2. The van der Waals surface area contributed by atoms with Crippen molar-refractivity contribution in [3.05, 3.63) is 23.4 Å². The first-order valence-electron chi connectivity index (χ1n) is 4.54. The fourth-order valence-corrected chi connectivity index (χ4v) is 2.15. The second-order valence-electron chi connectivity index (χ2n) is 3.34. The van der Waals surface area contributed by atoms with Crippen LogP contribution in [0.3, 0.4) is 0 Å². The Kier molecular flexibility index (Phi) is 4.40. The lowest BCUT2D eigenvalue weighted by atomic mass is 10.0. The van der Waals surface area contributed by atoms with Crippen molar-refractivity contribution in [2.75, 3.05) is 6.54 Å². The van der Waals surface area contributed by atoms with E-state index in [4.69, 9.17) is 10.8 Å². The molecule has 0 aromatic heterocycles. The third-order valence-electron chi connectivity index (χ3n) is 2.27. The lowest BCUT2D eigenvalue weighted by Crippen LogP contribution is -2.31. The molecule has 5 nitrogen and oxygen atoms in total. The number of rotatable bonds is 3. The van der Waals surface area contributed by atoms with Crippen LogP contribution in [0.1, 0.15) is 6.42 Å². The summed E-state index contributed by atoms with van der Waals surface area (Å²) in [5.74, 6) is -0.976. The molecule has 2 aliphatic heterocycles. The van der Waals surface area contributed by atoms with Gasteiger partial charge in [0.25, 0.3) is 0 Å². The molecule has 0 saturated carbocycles. The average molecular weight is 262 g/mol. The molecule has 2 rings (SSSR count). The molecule has 0 fully saturated rings. The normalized spacial score (nSPS) is 19.4. The molecule has 0 aromatic carbocycles. The van der Waals surface area contributed by atoms with Gasteiger partial charge in [0.15, 0.2) is 0 Å². The summed E-state index contributed by atoms with van der Waals surface area (Å²) in [7, 11) is 0. The molecular formula is C9H12ClN3O2S. The maximum atomic E-state index is 10.6. The van der Waals surface area contributed by atoms with E-state index in [0.29, 0.717) is 6.42 Å². The monoisotopic (exact) mass is 261 g/mol. The molecule has 0 saturated heterocycles. The summed E-state index contributed by atoms with van der Waals surface area (Å²) in [6, 6.07) is -0.851. The molecule has 0 amide bonds. The number of halogens is 1. The molecule has 2 aliphatic rings. The van der Waals surface area contributed by atoms with E-state index in [1.165, 1.54) is 12.1 Å². The first-order valence-corrected chi connectivity index (χ1v) is 5.27. The van der Waals surface area contributed by atoms with E-state index in [2.05, 4.69) is 4.40 Å². The van der Waals surface area contributed by atoms with Crippen molar-refractivity contribution in [1.29, 1.82) is 0 Å². The van der Waals surface area contributed by atoms with E-state index >= 15 is 0 Å². The minimum atomic E-state index is -0.976. The lowest BCUT2D eigenvalue weighted by molar-refractivity contribution is -0.138. The van der Waals surface area contributed by atoms with Gasteiger partial charge < -0.3 is 10.8 Å². The quantitative estimate of drug-likeness (QED) is 0.741. The number of nitrogens with zero attached hydrogens (tertiary/aromatic N) is 2. The van der Waals surface area contributed by atoms with Crippen molar-refractivity contribution in [3.8, 4) is 0 Å². The summed E-state index contributed by atoms with van der Waals surface area (Å²) in [5.41, 5.74) is 7.40. The van der Waals surface area contributed by atoms with Gasteiger partial charge in [0, 0.05) is 13.0 Å². The summed E-state index contributed by atoms with van der Waals surface area (Å²) in [4.78, 5) is 10.6. The highest BCUT2D eigenvalue weighted by molar-refractivity contribution is 7.96. The highest BCUT2D eigenvalue weighted by atomic mass is 35.5. The fourth-order valence-electron chi connectivity index (χ4n) is 1.49. The summed E-state index contributed by atoms with van der Waals surface area (Å²) >= 11 is 1.37. The van der Waals surface area contributed by atoms with E-state index in [1.807, 2.05) is 16.5 Å². The Balaban J connectivity index is 0.00000128. The van der Waals surface area contributed by atoms with Gasteiger partial charge in [-0.15, -0.1) is 12.4 Å². The van der Waals surface area contributed by atoms with Crippen molar-refractivity contribution in [2.45, 2.75) is 12.5 Å². The molecule has 0 bridgehead atoms. The number of carboxylic acids is 1. The summed E-state index contributed by atoms with van der Waals surface area (Å²) < 4.78 is 6.07. The third kappa shape index (κ3) is 2.58. The molecule has 16 heavy (non-hydrogen) atoms. The number of carbonyl (C=O) groups is 1. The van der Waals surface area contributed by atoms with Crippen LogP contribution < -0.4 is 5.73 Å². The zero-order chi connectivity index (χ0) is 10.8. The Morgan fingerprint density at radius 1 is 1.75 bits per heavy atom. The molecule has 2 heterocycles. The molecule has 0 aromatic rings. The summed E-state index contributed by atoms with van der Waals surface area (Å²) in [5, 5.41) is 8.73. The maximum Gasteiger partial charge on any atom is 0.320 e. The number of fused-ring (bicyclic) bond motifs is 1. The summed E-state index contributed by atoms with van der Waals surface area (Å²) in [6.07, 6.45) is 5.99. The first kappa shape index (κ1) is 13.1. The van der Waals surface area contributed by atoms with Crippen LogP contribution in [0.15, 0.2) is 27.8 Å². The van der Waals surface area contributed by atoms with Gasteiger partial charge in [-0.05, 0) is 5.57 Å². The van der Waals surface area contributed by atoms with Crippen LogP contribution in [-0.2, 0) is 4.79 Å². The molecule has 3 N–H and O–H groups in total.